The number of hydrogen-bond acceptors (Lipinski definition) is 5. The Kier molecular flexibility index (Phi) is 4.76. The van der Waals surface area contributed by atoms with E-state index in [1.54, 1.807) is 11.8 Å². The van der Waals surface area contributed by atoms with Gasteiger partial charge in [0.05, 0.1) is 0 Å². The topological polar surface area (TPSA) is 63.8 Å². The Bertz CT molecular complexity index is 543. The molecule has 19 heavy (non-hydrogen) atoms. The van der Waals surface area contributed by atoms with Crippen molar-refractivity contribution in [1.82, 2.24) is 9.97 Å². The summed E-state index contributed by atoms with van der Waals surface area (Å²) in [7, 11) is 0. The van der Waals surface area contributed by atoms with Crippen LogP contribution < -0.4 is 11.3 Å². The SMILES string of the molecule is CCc1nc(NN)c(C)c(SCc2ccccc2)n1. The molecule has 0 aliphatic heterocycles. The third-order valence-corrected chi connectivity index (χ3v) is 3.97. The van der Waals surface area contributed by atoms with Crippen molar-refractivity contribution in [3.63, 3.8) is 0 Å². The standard InChI is InChI=1S/C14H18N4S/c1-3-12-16-13(18-15)10(2)14(17-12)19-9-11-7-5-4-6-8-11/h4-8H,3,9,15H2,1-2H3,(H,16,17,18). The van der Waals surface area contributed by atoms with Gasteiger partial charge in [-0.15, -0.1) is 11.8 Å². The average molecular weight is 274 g/mol. The predicted octanol–water partition coefficient (Wildman–Crippen LogP) is 2.93. The van der Waals surface area contributed by atoms with E-state index in [4.69, 9.17) is 5.84 Å². The highest BCUT2D eigenvalue weighted by molar-refractivity contribution is 7.98. The third-order valence-electron chi connectivity index (χ3n) is 2.82. The molecule has 4 nitrogen and oxygen atoms in total. The van der Waals surface area contributed by atoms with E-state index < -0.39 is 0 Å². The molecule has 0 aliphatic carbocycles. The lowest BCUT2D eigenvalue weighted by Crippen LogP contribution is -2.13. The molecule has 1 aromatic heterocycles. The van der Waals surface area contributed by atoms with Crippen molar-refractivity contribution in [3.05, 3.63) is 47.3 Å². The number of thioether (sulfide) groups is 1. The highest BCUT2D eigenvalue weighted by atomic mass is 32.2. The van der Waals surface area contributed by atoms with Crippen molar-refractivity contribution in [2.75, 3.05) is 5.43 Å². The van der Waals surface area contributed by atoms with Crippen LogP contribution in [0.25, 0.3) is 0 Å². The van der Waals surface area contributed by atoms with Crippen LogP contribution in [0.15, 0.2) is 35.4 Å². The summed E-state index contributed by atoms with van der Waals surface area (Å²) in [5.41, 5.74) is 4.93. The Hall–Kier alpha value is -1.59. The minimum absolute atomic E-state index is 0.711. The molecule has 0 saturated carbocycles. The Morgan fingerprint density at radius 2 is 1.95 bits per heavy atom. The first-order valence-corrected chi connectivity index (χ1v) is 7.24. The van der Waals surface area contributed by atoms with E-state index in [1.807, 2.05) is 32.0 Å². The van der Waals surface area contributed by atoms with Gasteiger partial charge in [0.2, 0.25) is 0 Å². The summed E-state index contributed by atoms with van der Waals surface area (Å²) >= 11 is 1.71. The minimum atomic E-state index is 0.711. The maximum absolute atomic E-state index is 5.50. The van der Waals surface area contributed by atoms with Crippen LogP contribution in [-0.2, 0) is 12.2 Å². The largest absolute Gasteiger partial charge is 0.308 e. The van der Waals surface area contributed by atoms with Crippen LogP contribution in [0, 0.1) is 6.92 Å². The Labute approximate surface area is 117 Å². The first-order valence-electron chi connectivity index (χ1n) is 6.25. The van der Waals surface area contributed by atoms with Crippen LogP contribution >= 0.6 is 11.8 Å². The molecule has 0 unspecified atom stereocenters. The molecule has 0 bridgehead atoms. The van der Waals surface area contributed by atoms with Crippen LogP contribution in [0.5, 0.6) is 0 Å². The van der Waals surface area contributed by atoms with E-state index in [9.17, 15) is 0 Å². The van der Waals surface area contributed by atoms with Gasteiger partial charge in [-0.2, -0.15) is 0 Å². The van der Waals surface area contributed by atoms with E-state index >= 15 is 0 Å². The van der Waals surface area contributed by atoms with Crippen molar-refractivity contribution in [3.8, 4) is 0 Å². The Morgan fingerprint density at radius 1 is 1.21 bits per heavy atom. The smallest absolute Gasteiger partial charge is 0.147 e. The number of benzene rings is 1. The molecule has 1 heterocycles. The van der Waals surface area contributed by atoms with Crippen molar-refractivity contribution < 1.29 is 0 Å². The monoisotopic (exact) mass is 274 g/mol. The molecule has 100 valence electrons. The molecule has 0 aliphatic rings. The number of nitrogen functional groups attached to an aromatic ring is 1. The molecule has 5 heteroatoms. The number of nitrogens with zero attached hydrogens (tertiary/aromatic N) is 2. The number of nitrogens with two attached hydrogens (primary N) is 1. The van der Waals surface area contributed by atoms with Crippen LogP contribution in [0.3, 0.4) is 0 Å². The zero-order valence-corrected chi connectivity index (χ0v) is 12.0. The van der Waals surface area contributed by atoms with E-state index in [1.165, 1.54) is 5.56 Å². The molecule has 2 rings (SSSR count). The van der Waals surface area contributed by atoms with Gasteiger partial charge < -0.3 is 5.43 Å². The molecule has 0 fully saturated rings. The van der Waals surface area contributed by atoms with Gasteiger partial charge in [-0.05, 0) is 12.5 Å². The zero-order valence-electron chi connectivity index (χ0n) is 11.2. The summed E-state index contributed by atoms with van der Waals surface area (Å²) in [6.45, 7) is 4.03. The molecular weight excluding hydrogens is 256 g/mol. The maximum atomic E-state index is 5.50. The molecule has 0 amide bonds. The van der Waals surface area contributed by atoms with Crippen molar-refractivity contribution in [1.29, 1.82) is 0 Å². The van der Waals surface area contributed by atoms with E-state index in [2.05, 4.69) is 27.5 Å². The Morgan fingerprint density at radius 3 is 2.58 bits per heavy atom. The second-order valence-electron chi connectivity index (χ2n) is 4.19. The maximum Gasteiger partial charge on any atom is 0.147 e. The summed E-state index contributed by atoms with van der Waals surface area (Å²) in [5.74, 6) is 7.92. The van der Waals surface area contributed by atoms with E-state index in [-0.39, 0.29) is 0 Å². The second kappa shape index (κ2) is 6.54. The molecule has 0 spiro atoms. The molecule has 3 N–H and O–H groups in total. The fourth-order valence-electron chi connectivity index (χ4n) is 1.71. The first kappa shape index (κ1) is 13.8. The third kappa shape index (κ3) is 3.45. The first-order chi connectivity index (χ1) is 9.24. The molecule has 0 saturated heterocycles. The van der Waals surface area contributed by atoms with Crippen molar-refractivity contribution in [2.24, 2.45) is 5.84 Å². The quantitative estimate of drug-likeness (QED) is 0.380. The molecular formula is C14H18N4S. The summed E-state index contributed by atoms with van der Waals surface area (Å²) in [6, 6.07) is 10.4. The summed E-state index contributed by atoms with van der Waals surface area (Å²) in [4.78, 5) is 8.94. The highest BCUT2D eigenvalue weighted by Gasteiger charge is 2.10. The summed E-state index contributed by atoms with van der Waals surface area (Å²) in [6.07, 6.45) is 0.799. The Balaban J connectivity index is 2.19. The highest BCUT2D eigenvalue weighted by Crippen LogP contribution is 2.27. The predicted molar refractivity (Wildman–Crippen MR) is 80.0 cm³/mol. The molecule has 1 aromatic carbocycles. The van der Waals surface area contributed by atoms with E-state index in [0.717, 1.165) is 28.6 Å². The minimum Gasteiger partial charge on any atom is -0.308 e. The van der Waals surface area contributed by atoms with Gasteiger partial charge in [0.1, 0.15) is 16.7 Å². The summed E-state index contributed by atoms with van der Waals surface area (Å²) in [5, 5.41) is 0.989. The lowest BCUT2D eigenvalue weighted by molar-refractivity contribution is 0.871. The van der Waals surface area contributed by atoms with Gasteiger partial charge in [0.15, 0.2) is 0 Å². The van der Waals surface area contributed by atoms with E-state index in [0.29, 0.717) is 5.82 Å². The fourth-order valence-corrected chi connectivity index (χ4v) is 2.68. The number of aryl methyl sites for hydroxylation is 1. The number of anilines is 1. The lowest BCUT2D eigenvalue weighted by Gasteiger charge is -2.11. The fraction of sp³-hybridized carbons (Fsp3) is 0.286. The lowest BCUT2D eigenvalue weighted by atomic mass is 10.2. The molecule has 0 atom stereocenters. The van der Waals surface area contributed by atoms with Gasteiger partial charge in [-0.1, -0.05) is 37.3 Å². The average Bonchev–Trinajstić information content (AvgIpc) is 2.47. The zero-order chi connectivity index (χ0) is 13.7. The van der Waals surface area contributed by atoms with Gasteiger partial charge in [0.25, 0.3) is 0 Å². The van der Waals surface area contributed by atoms with Gasteiger partial charge in [0, 0.05) is 17.7 Å². The van der Waals surface area contributed by atoms with Crippen molar-refractivity contribution >= 4 is 17.6 Å². The number of hydrazine groups is 1. The number of nitrogens with one attached hydrogen (secondary N) is 1. The van der Waals surface area contributed by atoms with Crippen LogP contribution in [-0.4, -0.2) is 9.97 Å². The van der Waals surface area contributed by atoms with Crippen LogP contribution in [0.1, 0.15) is 23.9 Å². The molecule has 2 aromatic rings. The van der Waals surface area contributed by atoms with Gasteiger partial charge in [-0.25, -0.2) is 15.8 Å². The number of rotatable bonds is 5. The van der Waals surface area contributed by atoms with Gasteiger partial charge >= 0.3 is 0 Å². The van der Waals surface area contributed by atoms with Gasteiger partial charge in [-0.3, -0.25) is 0 Å². The number of hydrogen-bond donors (Lipinski definition) is 2. The second-order valence-corrected chi connectivity index (χ2v) is 5.15. The van der Waals surface area contributed by atoms with Crippen molar-refractivity contribution in [2.45, 2.75) is 31.0 Å². The van der Waals surface area contributed by atoms with Crippen LogP contribution in [0.4, 0.5) is 5.82 Å². The summed E-state index contributed by atoms with van der Waals surface area (Å²) < 4.78 is 0. The number of aromatic nitrogens is 2. The molecule has 0 radical (unpaired) electrons. The van der Waals surface area contributed by atoms with Crippen LogP contribution in [0.2, 0.25) is 0 Å². The normalized spacial score (nSPS) is 10.5.